The summed E-state index contributed by atoms with van der Waals surface area (Å²) in [4.78, 5) is 25.6. The van der Waals surface area contributed by atoms with Gasteiger partial charge in [0.15, 0.2) is 11.5 Å². The molecule has 0 aliphatic heterocycles. The highest BCUT2D eigenvalue weighted by atomic mass is 16.5. The van der Waals surface area contributed by atoms with E-state index < -0.39 is 0 Å². The molecular weight excluding hydrogens is 370 g/mol. The molecule has 2 aromatic carbocycles. The average molecular weight is 395 g/mol. The molecule has 29 heavy (non-hydrogen) atoms. The predicted molar refractivity (Wildman–Crippen MR) is 110 cm³/mol. The topological polar surface area (TPSA) is 91.7 Å². The summed E-state index contributed by atoms with van der Waals surface area (Å²) in [5, 5.41) is 11.9. The van der Waals surface area contributed by atoms with Gasteiger partial charge in [-0.25, -0.2) is 0 Å². The number of nitrogens with zero attached hydrogens (tertiary/aromatic N) is 2. The van der Waals surface area contributed by atoms with Gasteiger partial charge in [-0.05, 0) is 42.3 Å². The van der Waals surface area contributed by atoms with Crippen LogP contribution in [-0.2, 0) is 16.0 Å². The van der Waals surface area contributed by atoms with Crippen molar-refractivity contribution in [1.82, 2.24) is 5.32 Å². The first kappa shape index (κ1) is 21.8. The molecule has 2 rings (SSSR count). The average Bonchev–Trinajstić information content (AvgIpc) is 2.73. The zero-order valence-electron chi connectivity index (χ0n) is 16.9. The van der Waals surface area contributed by atoms with Gasteiger partial charge in [0, 0.05) is 32.1 Å². The molecule has 0 aliphatic carbocycles. The van der Waals surface area contributed by atoms with Crippen LogP contribution in [0.4, 0.5) is 5.69 Å². The highest BCUT2D eigenvalue weighted by Crippen LogP contribution is 2.27. The Bertz CT molecular complexity index is 905. The molecular formula is C22H25N3O4. The summed E-state index contributed by atoms with van der Waals surface area (Å²) in [5.41, 5.74) is 2.09. The van der Waals surface area contributed by atoms with Crippen molar-refractivity contribution in [2.45, 2.75) is 19.8 Å². The third-order valence-corrected chi connectivity index (χ3v) is 4.41. The van der Waals surface area contributed by atoms with Gasteiger partial charge in [-0.3, -0.25) is 9.59 Å². The van der Waals surface area contributed by atoms with Crippen molar-refractivity contribution in [3.05, 3.63) is 53.6 Å². The maximum Gasteiger partial charge on any atom is 0.223 e. The standard InChI is InChI=1S/C22H25N3O4/c1-16(26)25(19-6-4-5-18(13-19)15-23)12-10-22(27)24-11-9-17-7-8-20(28-2)21(14-17)29-3/h4-8,13-14H,9-12H2,1-3H3,(H,24,27). The Balaban J connectivity index is 1.87. The van der Waals surface area contributed by atoms with Crippen molar-refractivity contribution in [1.29, 1.82) is 5.26 Å². The van der Waals surface area contributed by atoms with E-state index in [-0.39, 0.29) is 24.8 Å². The molecule has 1 N–H and O–H groups in total. The Labute approximate surface area is 170 Å². The van der Waals surface area contributed by atoms with Crippen LogP contribution in [0.25, 0.3) is 0 Å². The highest BCUT2D eigenvalue weighted by molar-refractivity contribution is 5.92. The summed E-state index contributed by atoms with van der Waals surface area (Å²) in [5.74, 6) is 0.976. The number of nitriles is 1. The van der Waals surface area contributed by atoms with Crippen LogP contribution >= 0.6 is 0 Å². The molecule has 7 heteroatoms. The van der Waals surface area contributed by atoms with Crippen LogP contribution in [0.2, 0.25) is 0 Å². The lowest BCUT2D eigenvalue weighted by molar-refractivity contribution is -0.121. The molecule has 0 fully saturated rings. The largest absolute Gasteiger partial charge is 0.493 e. The molecule has 0 heterocycles. The number of amides is 2. The van der Waals surface area contributed by atoms with Crippen LogP contribution in [0.5, 0.6) is 11.5 Å². The van der Waals surface area contributed by atoms with Crippen LogP contribution in [-0.4, -0.2) is 39.1 Å². The maximum absolute atomic E-state index is 12.2. The minimum atomic E-state index is -0.182. The number of carbonyl (C=O) groups is 2. The van der Waals surface area contributed by atoms with Crippen LogP contribution in [0.1, 0.15) is 24.5 Å². The van der Waals surface area contributed by atoms with Gasteiger partial charge in [-0.15, -0.1) is 0 Å². The summed E-state index contributed by atoms with van der Waals surface area (Å²) in [6.45, 7) is 2.15. The van der Waals surface area contributed by atoms with E-state index in [0.717, 1.165) is 5.56 Å². The zero-order chi connectivity index (χ0) is 21.2. The molecule has 0 bridgehead atoms. The Morgan fingerprint density at radius 3 is 2.52 bits per heavy atom. The summed E-state index contributed by atoms with van der Waals surface area (Å²) in [6.07, 6.45) is 0.815. The maximum atomic E-state index is 12.2. The number of nitrogens with one attached hydrogen (secondary N) is 1. The van der Waals surface area contributed by atoms with E-state index in [1.165, 1.54) is 11.8 Å². The zero-order valence-corrected chi connectivity index (χ0v) is 16.9. The van der Waals surface area contributed by atoms with E-state index >= 15 is 0 Å². The number of hydrogen-bond donors (Lipinski definition) is 1. The second-order valence-electron chi connectivity index (χ2n) is 6.37. The monoisotopic (exact) mass is 395 g/mol. The van der Waals surface area contributed by atoms with Gasteiger partial charge >= 0.3 is 0 Å². The van der Waals surface area contributed by atoms with Crippen molar-refractivity contribution in [3.8, 4) is 17.6 Å². The summed E-state index contributed by atoms with van der Waals surface area (Å²) in [6, 6.07) is 14.5. The van der Waals surface area contributed by atoms with Crippen LogP contribution in [0.15, 0.2) is 42.5 Å². The Morgan fingerprint density at radius 1 is 1.10 bits per heavy atom. The molecule has 0 aromatic heterocycles. The number of carbonyl (C=O) groups excluding carboxylic acids is 2. The lowest BCUT2D eigenvalue weighted by atomic mass is 10.1. The number of methoxy groups -OCH3 is 2. The van der Waals surface area contributed by atoms with Crippen molar-refractivity contribution in [2.24, 2.45) is 0 Å². The molecule has 152 valence electrons. The summed E-state index contributed by atoms with van der Waals surface area (Å²) >= 11 is 0. The van der Waals surface area contributed by atoms with Crippen molar-refractivity contribution >= 4 is 17.5 Å². The van der Waals surface area contributed by atoms with E-state index in [1.807, 2.05) is 18.2 Å². The van der Waals surface area contributed by atoms with Gasteiger partial charge < -0.3 is 19.7 Å². The number of ether oxygens (including phenoxy) is 2. The van der Waals surface area contributed by atoms with E-state index in [4.69, 9.17) is 14.7 Å². The molecule has 0 spiro atoms. The third kappa shape index (κ3) is 6.25. The Hall–Kier alpha value is -3.53. The van der Waals surface area contributed by atoms with Crippen LogP contribution in [0, 0.1) is 11.3 Å². The second kappa shape index (κ2) is 10.7. The number of anilines is 1. The van der Waals surface area contributed by atoms with E-state index in [9.17, 15) is 9.59 Å². The first-order valence-corrected chi connectivity index (χ1v) is 9.24. The second-order valence-corrected chi connectivity index (χ2v) is 6.37. The van der Waals surface area contributed by atoms with E-state index in [1.54, 1.807) is 38.5 Å². The van der Waals surface area contributed by atoms with Crippen LogP contribution < -0.4 is 19.7 Å². The summed E-state index contributed by atoms with van der Waals surface area (Å²) < 4.78 is 10.5. The molecule has 0 saturated carbocycles. The smallest absolute Gasteiger partial charge is 0.223 e. The van der Waals surface area contributed by atoms with E-state index in [2.05, 4.69) is 11.4 Å². The van der Waals surface area contributed by atoms with Gasteiger partial charge in [-0.2, -0.15) is 5.26 Å². The molecule has 0 saturated heterocycles. The number of rotatable bonds is 9. The van der Waals surface area contributed by atoms with Gasteiger partial charge in [0.05, 0.1) is 25.9 Å². The van der Waals surface area contributed by atoms with Gasteiger partial charge in [0.1, 0.15) is 0 Å². The van der Waals surface area contributed by atoms with Crippen molar-refractivity contribution in [3.63, 3.8) is 0 Å². The molecule has 0 aliphatic rings. The lowest BCUT2D eigenvalue weighted by Gasteiger charge is -2.21. The summed E-state index contributed by atoms with van der Waals surface area (Å²) in [7, 11) is 3.16. The fourth-order valence-electron chi connectivity index (χ4n) is 2.90. The minimum absolute atomic E-state index is 0.145. The molecule has 7 nitrogen and oxygen atoms in total. The molecule has 0 atom stereocenters. The van der Waals surface area contributed by atoms with Gasteiger partial charge in [0.2, 0.25) is 11.8 Å². The lowest BCUT2D eigenvalue weighted by Crippen LogP contribution is -2.34. The van der Waals surface area contributed by atoms with Gasteiger partial charge in [0.25, 0.3) is 0 Å². The Kier molecular flexibility index (Phi) is 8.04. The highest BCUT2D eigenvalue weighted by Gasteiger charge is 2.14. The first-order valence-electron chi connectivity index (χ1n) is 9.24. The molecule has 0 unspecified atom stereocenters. The van der Waals surface area contributed by atoms with Crippen molar-refractivity contribution < 1.29 is 19.1 Å². The van der Waals surface area contributed by atoms with Crippen molar-refractivity contribution in [2.75, 3.05) is 32.2 Å². The SMILES string of the molecule is COc1ccc(CCNC(=O)CCN(C(C)=O)c2cccc(C#N)c2)cc1OC. The Morgan fingerprint density at radius 2 is 1.86 bits per heavy atom. The molecule has 2 aromatic rings. The number of hydrogen-bond acceptors (Lipinski definition) is 5. The normalized spacial score (nSPS) is 10.0. The predicted octanol–water partition coefficient (Wildman–Crippen LogP) is 2.68. The fraction of sp³-hybridized carbons (Fsp3) is 0.318. The minimum Gasteiger partial charge on any atom is -0.493 e. The molecule has 0 radical (unpaired) electrons. The quantitative estimate of drug-likeness (QED) is 0.705. The fourth-order valence-corrected chi connectivity index (χ4v) is 2.90. The van der Waals surface area contributed by atoms with E-state index in [0.29, 0.717) is 35.7 Å². The third-order valence-electron chi connectivity index (χ3n) is 4.41. The molecule has 2 amide bonds. The first-order chi connectivity index (χ1) is 14.0. The van der Waals surface area contributed by atoms with Crippen LogP contribution in [0.3, 0.4) is 0 Å². The number of benzene rings is 2. The van der Waals surface area contributed by atoms with Gasteiger partial charge in [-0.1, -0.05) is 12.1 Å².